The van der Waals surface area contributed by atoms with E-state index in [1.54, 1.807) is 13.2 Å². The van der Waals surface area contributed by atoms with Crippen LogP contribution in [-0.2, 0) is 0 Å². The molecule has 2 aromatic rings. The van der Waals surface area contributed by atoms with Crippen molar-refractivity contribution < 1.29 is 4.74 Å². The molecule has 5 nitrogen and oxygen atoms in total. The first-order valence-corrected chi connectivity index (χ1v) is 5.21. The van der Waals surface area contributed by atoms with Crippen molar-refractivity contribution in [2.75, 3.05) is 7.11 Å². The first-order chi connectivity index (χ1) is 7.69. The van der Waals surface area contributed by atoms with Crippen LogP contribution in [0.1, 0.15) is 13.0 Å². The van der Waals surface area contributed by atoms with Crippen molar-refractivity contribution in [3.63, 3.8) is 0 Å². The number of aromatic nitrogens is 4. The number of imidazole rings is 1. The van der Waals surface area contributed by atoms with Crippen LogP contribution in [0.25, 0.3) is 11.2 Å². The van der Waals surface area contributed by atoms with E-state index in [0.717, 1.165) is 5.65 Å². The van der Waals surface area contributed by atoms with Gasteiger partial charge in [-0.05, 0) is 19.1 Å². The van der Waals surface area contributed by atoms with E-state index in [1.807, 2.05) is 11.5 Å². The third-order valence-corrected chi connectivity index (χ3v) is 2.71. The SMILES string of the molecule is C=CC(C)n1c(=S)[nH]c2c(OC)ncnc21. The van der Waals surface area contributed by atoms with Gasteiger partial charge in [0.1, 0.15) is 11.8 Å². The maximum atomic E-state index is 5.24. The Kier molecular flexibility index (Phi) is 2.74. The molecule has 2 rings (SSSR count). The lowest BCUT2D eigenvalue weighted by molar-refractivity contribution is 0.401. The summed E-state index contributed by atoms with van der Waals surface area (Å²) in [7, 11) is 1.56. The first-order valence-electron chi connectivity index (χ1n) is 4.80. The smallest absolute Gasteiger partial charge is 0.242 e. The van der Waals surface area contributed by atoms with Gasteiger partial charge in [0.25, 0.3) is 0 Å². The van der Waals surface area contributed by atoms with E-state index >= 15 is 0 Å². The van der Waals surface area contributed by atoms with E-state index in [1.165, 1.54) is 6.33 Å². The van der Waals surface area contributed by atoms with Crippen LogP contribution in [-0.4, -0.2) is 26.6 Å². The lowest BCUT2D eigenvalue weighted by atomic mass is 10.3. The van der Waals surface area contributed by atoms with Gasteiger partial charge in [-0.3, -0.25) is 4.57 Å². The number of hydrogen-bond donors (Lipinski definition) is 1. The molecule has 2 aromatic heterocycles. The van der Waals surface area contributed by atoms with Crippen LogP contribution < -0.4 is 4.74 Å². The molecule has 0 aliphatic carbocycles. The third kappa shape index (κ3) is 1.51. The number of H-pyrrole nitrogens is 1. The maximum Gasteiger partial charge on any atom is 0.242 e. The predicted octanol–water partition coefficient (Wildman–Crippen LogP) is 2.24. The average molecular weight is 236 g/mol. The average Bonchev–Trinajstić information content (AvgIpc) is 2.63. The molecule has 0 amide bonds. The Labute approximate surface area is 97.8 Å². The molecule has 84 valence electrons. The van der Waals surface area contributed by atoms with Crippen LogP contribution in [0.5, 0.6) is 5.88 Å². The summed E-state index contributed by atoms with van der Waals surface area (Å²) >= 11 is 5.24. The van der Waals surface area contributed by atoms with Crippen molar-refractivity contribution in [3.05, 3.63) is 23.8 Å². The van der Waals surface area contributed by atoms with E-state index < -0.39 is 0 Å². The quantitative estimate of drug-likeness (QED) is 0.656. The second-order valence-electron chi connectivity index (χ2n) is 3.36. The Morgan fingerprint density at radius 1 is 1.62 bits per heavy atom. The highest BCUT2D eigenvalue weighted by Gasteiger charge is 2.13. The molecule has 0 bridgehead atoms. The molecule has 2 heterocycles. The maximum absolute atomic E-state index is 5.24. The summed E-state index contributed by atoms with van der Waals surface area (Å²) in [5, 5.41) is 0. The van der Waals surface area contributed by atoms with E-state index in [9.17, 15) is 0 Å². The molecule has 0 radical (unpaired) electrons. The highest BCUT2D eigenvalue weighted by molar-refractivity contribution is 7.71. The van der Waals surface area contributed by atoms with Gasteiger partial charge in [0.05, 0.1) is 13.2 Å². The number of rotatable bonds is 3. The highest BCUT2D eigenvalue weighted by atomic mass is 32.1. The molecule has 0 saturated heterocycles. The molecular formula is C10H12N4OS. The fourth-order valence-electron chi connectivity index (χ4n) is 1.55. The lowest BCUT2D eigenvalue weighted by Crippen LogP contribution is -2.03. The Morgan fingerprint density at radius 2 is 2.38 bits per heavy atom. The van der Waals surface area contributed by atoms with Crippen molar-refractivity contribution >= 4 is 23.4 Å². The minimum Gasteiger partial charge on any atom is -0.479 e. The predicted molar refractivity (Wildman–Crippen MR) is 64.2 cm³/mol. The van der Waals surface area contributed by atoms with Crippen molar-refractivity contribution in [1.29, 1.82) is 0 Å². The van der Waals surface area contributed by atoms with Gasteiger partial charge < -0.3 is 9.72 Å². The van der Waals surface area contributed by atoms with Gasteiger partial charge >= 0.3 is 0 Å². The van der Waals surface area contributed by atoms with Crippen LogP contribution >= 0.6 is 12.2 Å². The summed E-state index contributed by atoms with van der Waals surface area (Å²) < 4.78 is 7.60. The molecule has 6 heteroatoms. The molecule has 0 aliphatic heterocycles. The number of ether oxygens (including phenoxy) is 1. The third-order valence-electron chi connectivity index (χ3n) is 2.41. The Bertz CT molecular complexity index is 586. The van der Waals surface area contributed by atoms with Gasteiger partial charge in [-0.2, -0.15) is 4.98 Å². The molecule has 1 unspecified atom stereocenters. The fourth-order valence-corrected chi connectivity index (χ4v) is 1.91. The van der Waals surface area contributed by atoms with Crippen LogP contribution in [0.2, 0.25) is 0 Å². The normalized spacial score (nSPS) is 12.6. The Morgan fingerprint density at radius 3 is 3.00 bits per heavy atom. The zero-order valence-corrected chi connectivity index (χ0v) is 9.91. The highest BCUT2D eigenvalue weighted by Crippen LogP contribution is 2.23. The first kappa shape index (κ1) is 10.8. The molecule has 0 aliphatic rings. The van der Waals surface area contributed by atoms with E-state index in [4.69, 9.17) is 17.0 Å². The zero-order chi connectivity index (χ0) is 11.7. The van der Waals surface area contributed by atoms with Crippen LogP contribution in [0, 0.1) is 4.77 Å². The van der Waals surface area contributed by atoms with Crippen molar-refractivity contribution in [2.24, 2.45) is 0 Å². The van der Waals surface area contributed by atoms with Gasteiger partial charge in [-0.15, -0.1) is 6.58 Å². The van der Waals surface area contributed by atoms with Gasteiger partial charge in [-0.25, -0.2) is 4.98 Å². The summed E-state index contributed by atoms with van der Waals surface area (Å²) in [4.78, 5) is 11.3. The standard InChI is InChI=1S/C10H12N4OS/c1-4-6(2)14-8-7(13-10(14)16)9(15-3)12-5-11-8/h4-6H,1H2,2-3H3,(H,13,16). The van der Waals surface area contributed by atoms with Gasteiger partial charge in [0.2, 0.25) is 5.88 Å². The number of nitrogens with one attached hydrogen (secondary N) is 1. The van der Waals surface area contributed by atoms with Crippen molar-refractivity contribution in [3.8, 4) is 5.88 Å². The van der Waals surface area contributed by atoms with Gasteiger partial charge in [-0.1, -0.05) is 6.08 Å². The fraction of sp³-hybridized carbons (Fsp3) is 0.300. The Balaban J connectivity index is 2.81. The zero-order valence-electron chi connectivity index (χ0n) is 9.10. The summed E-state index contributed by atoms with van der Waals surface area (Å²) in [5.41, 5.74) is 1.44. The molecule has 0 aromatic carbocycles. The van der Waals surface area contributed by atoms with Crippen LogP contribution in [0.3, 0.4) is 0 Å². The number of hydrogen-bond acceptors (Lipinski definition) is 4. The van der Waals surface area contributed by atoms with Crippen molar-refractivity contribution in [2.45, 2.75) is 13.0 Å². The second kappa shape index (κ2) is 4.05. The van der Waals surface area contributed by atoms with Crippen LogP contribution in [0.4, 0.5) is 0 Å². The number of allylic oxidation sites excluding steroid dienone is 1. The summed E-state index contributed by atoms with van der Waals surface area (Å²) in [6.07, 6.45) is 3.26. The molecule has 16 heavy (non-hydrogen) atoms. The van der Waals surface area contributed by atoms with E-state index in [0.29, 0.717) is 16.2 Å². The summed E-state index contributed by atoms with van der Waals surface area (Å²) in [6, 6.07) is 0.0702. The molecule has 0 saturated carbocycles. The largest absolute Gasteiger partial charge is 0.479 e. The van der Waals surface area contributed by atoms with Crippen LogP contribution in [0.15, 0.2) is 19.0 Å². The summed E-state index contributed by atoms with van der Waals surface area (Å²) in [5.74, 6) is 0.492. The minimum atomic E-state index is 0.0702. The van der Waals surface area contributed by atoms with Gasteiger partial charge in [0.15, 0.2) is 10.4 Å². The number of fused-ring (bicyclic) bond motifs is 1. The van der Waals surface area contributed by atoms with E-state index in [-0.39, 0.29) is 6.04 Å². The Hall–Kier alpha value is -1.69. The summed E-state index contributed by atoms with van der Waals surface area (Å²) in [6.45, 7) is 5.74. The monoisotopic (exact) mass is 236 g/mol. The van der Waals surface area contributed by atoms with Crippen molar-refractivity contribution in [1.82, 2.24) is 19.5 Å². The second-order valence-corrected chi connectivity index (χ2v) is 3.74. The topological polar surface area (TPSA) is 55.7 Å². The minimum absolute atomic E-state index is 0.0702. The van der Waals surface area contributed by atoms with Gasteiger partial charge in [0, 0.05) is 0 Å². The molecule has 0 spiro atoms. The number of nitrogens with zero attached hydrogens (tertiary/aromatic N) is 3. The number of methoxy groups -OCH3 is 1. The molecule has 1 atom stereocenters. The molecular weight excluding hydrogens is 224 g/mol. The molecule has 1 N–H and O–H groups in total. The lowest BCUT2D eigenvalue weighted by Gasteiger charge is -2.08. The van der Waals surface area contributed by atoms with E-state index in [2.05, 4.69) is 21.5 Å². The molecule has 0 fully saturated rings. The number of aromatic amines is 1.